The first kappa shape index (κ1) is 10.2. The molecule has 1 aromatic rings. The lowest BCUT2D eigenvalue weighted by Crippen LogP contribution is -1.96. The Bertz CT molecular complexity index is 424. The molecule has 1 aromatic carbocycles. The second-order valence-corrected chi connectivity index (χ2v) is 3.69. The van der Waals surface area contributed by atoms with E-state index in [1.807, 2.05) is 6.07 Å². The molecule has 0 N–H and O–H groups in total. The molecule has 0 saturated heterocycles. The number of benzene rings is 1. The molecular weight excluding hydrogens is 215 g/mol. The Morgan fingerprint density at radius 3 is 3.07 bits per heavy atom. The first-order valence-electron chi connectivity index (χ1n) is 4.69. The first-order chi connectivity index (χ1) is 7.25. The molecule has 0 fully saturated rings. The molecule has 78 valence electrons. The van der Waals surface area contributed by atoms with Crippen molar-refractivity contribution < 1.29 is 9.13 Å². The number of halogens is 2. The first-order valence-corrected chi connectivity index (χ1v) is 5.07. The zero-order valence-electron chi connectivity index (χ0n) is 8.04. The fourth-order valence-electron chi connectivity index (χ4n) is 1.41. The van der Waals surface area contributed by atoms with Gasteiger partial charge in [-0.1, -0.05) is 23.7 Å². The molecule has 3 heteroatoms. The van der Waals surface area contributed by atoms with Crippen molar-refractivity contribution in [3.05, 3.63) is 52.8 Å². The lowest BCUT2D eigenvalue weighted by Gasteiger charge is -2.08. The summed E-state index contributed by atoms with van der Waals surface area (Å²) < 4.78 is 18.4. The predicted octanol–water partition coefficient (Wildman–Crippen LogP) is 3.68. The fraction of sp³-hybridized carbons (Fsp3) is 0.167. The van der Waals surface area contributed by atoms with Crippen molar-refractivity contribution in [1.29, 1.82) is 0 Å². The molecule has 2 rings (SSSR count). The normalized spacial score (nSPS) is 15.5. The average molecular weight is 225 g/mol. The maximum atomic E-state index is 13.0. The van der Waals surface area contributed by atoms with Crippen molar-refractivity contribution in [3.8, 4) is 5.75 Å². The fourth-order valence-corrected chi connectivity index (χ4v) is 1.57. The summed E-state index contributed by atoms with van der Waals surface area (Å²) in [5.74, 6) is 0.451. The van der Waals surface area contributed by atoms with Gasteiger partial charge < -0.3 is 4.74 Å². The van der Waals surface area contributed by atoms with Gasteiger partial charge in [-0.3, -0.25) is 0 Å². The SMILES string of the molecule is FC1=CCOc2cc(Cl)ccc2CC=C1. The van der Waals surface area contributed by atoms with Crippen molar-refractivity contribution in [3.63, 3.8) is 0 Å². The molecule has 0 spiro atoms. The Hall–Kier alpha value is -1.28. The van der Waals surface area contributed by atoms with E-state index in [9.17, 15) is 4.39 Å². The van der Waals surface area contributed by atoms with Crippen LogP contribution in [0.15, 0.2) is 42.3 Å². The van der Waals surface area contributed by atoms with E-state index in [0.717, 1.165) is 11.3 Å². The Morgan fingerprint density at radius 2 is 2.20 bits per heavy atom. The standard InChI is InChI=1S/C12H10ClFO/c13-10-5-4-9-2-1-3-11(14)6-7-15-12(9)8-10/h1,3-6,8H,2,7H2. The number of allylic oxidation sites excluding steroid dienone is 3. The number of fused-ring (bicyclic) bond motifs is 1. The van der Waals surface area contributed by atoms with Crippen LogP contribution >= 0.6 is 11.6 Å². The van der Waals surface area contributed by atoms with Gasteiger partial charge in [0.1, 0.15) is 18.2 Å². The highest BCUT2D eigenvalue weighted by atomic mass is 35.5. The predicted molar refractivity (Wildman–Crippen MR) is 59.0 cm³/mol. The van der Waals surface area contributed by atoms with E-state index in [0.29, 0.717) is 11.4 Å². The number of rotatable bonds is 0. The molecule has 1 aliphatic heterocycles. The summed E-state index contributed by atoms with van der Waals surface area (Å²) in [6.45, 7) is 0.226. The Balaban J connectivity index is 2.33. The molecule has 1 nitrogen and oxygen atoms in total. The third kappa shape index (κ3) is 2.60. The van der Waals surface area contributed by atoms with Gasteiger partial charge in [0.05, 0.1) is 0 Å². The van der Waals surface area contributed by atoms with Crippen LogP contribution in [0.2, 0.25) is 5.02 Å². The van der Waals surface area contributed by atoms with Crippen molar-refractivity contribution in [2.24, 2.45) is 0 Å². The molecule has 0 saturated carbocycles. The summed E-state index contributed by atoms with van der Waals surface area (Å²) in [6, 6.07) is 5.45. The van der Waals surface area contributed by atoms with Crippen LogP contribution in [-0.2, 0) is 6.42 Å². The minimum atomic E-state index is -0.270. The second-order valence-electron chi connectivity index (χ2n) is 3.26. The lowest BCUT2D eigenvalue weighted by molar-refractivity contribution is 0.357. The quantitative estimate of drug-likeness (QED) is 0.653. The van der Waals surface area contributed by atoms with E-state index in [1.165, 1.54) is 12.2 Å². The van der Waals surface area contributed by atoms with Crippen LogP contribution in [0.3, 0.4) is 0 Å². The molecule has 0 unspecified atom stereocenters. The van der Waals surface area contributed by atoms with Gasteiger partial charge in [-0.25, -0.2) is 4.39 Å². The zero-order valence-corrected chi connectivity index (χ0v) is 8.80. The molecule has 0 aromatic heterocycles. The Kier molecular flexibility index (Phi) is 3.07. The minimum absolute atomic E-state index is 0.226. The summed E-state index contributed by atoms with van der Waals surface area (Å²) in [7, 11) is 0. The highest BCUT2D eigenvalue weighted by Crippen LogP contribution is 2.25. The van der Waals surface area contributed by atoms with Crippen LogP contribution in [0, 0.1) is 0 Å². The lowest BCUT2D eigenvalue weighted by atomic mass is 10.1. The van der Waals surface area contributed by atoms with Gasteiger partial charge in [-0.15, -0.1) is 0 Å². The van der Waals surface area contributed by atoms with Gasteiger partial charge in [0.15, 0.2) is 0 Å². The van der Waals surface area contributed by atoms with Crippen LogP contribution in [0.4, 0.5) is 4.39 Å². The van der Waals surface area contributed by atoms with Crippen molar-refractivity contribution >= 4 is 11.6 Å². The molecule has 0 amide bonds. The maximum Gasteiger partial charge on any atom is 0.124 e. The third-order valence-electron chi connectivity index (χ3n) is 2.16. The Labute approximate surface area is 92.8 Å². The molecule has 0 aliphatic carbocycles. The third-order valence-corrected chi connectivity index (χ3v) is 2.40. The van der Waals surface area contributed by atoms with E-state index in [-0.39, 0.29) is 12.4 Å². The van der Waals surface area contributed by atoms with E-state index < -0.39 is 0 Å². The summed E-state index contributed by atoms with van der Waals surface area (Å²) in [5.41, 5.74) is 1.01. The van der Waals surface area contributed by atoms with E-state index in [4.69, 9.17) is 16.3 Å². The number of hydrogen-bond acceptors (Lipinski definition) is 1. The van der Waals surface area contributed by atoms with Gasteiger partial charge in [0.2, 0.25) is 0 Å². The summed E-state index contributed by atoms with van der Waals surface area (Å²) >= 11 is 5.85. The number of ether oxygens (including phenoxy) is 1. The van der Waals surface area contributed by atoms with E-state index in [1.54, 1.807) is 18.2 Å². The van der Waals surface area contributed by atoms with Crippen molar-refractivity contribution in [2.75, 3.05) is 6.61 Å². The molecule has 15 heavy (non-hydrogen) atoms. The van der Waals surface area contributed by atoms with E-state index in [2.05, 4.69) is 0 Å². The highest BCUT2D eigenvalue weighted by Gasteiger charge is 2.04. The summed E-state index contributed by atoms with van der Waals surface area (Å²) in [5, 5.41) is 0.626. The molecule has 1 heterocycles. The second kappa shape index (κ2) is 4.49. The monoisotopic (exact) mass is 224 g/mol. The molecular formula is C12H10ClFO. The molecule has 0 atom stereocenters. The smallest absolute Gasteiger partial charge is 0.124 e. The molecule has 0 radical (unpaired) electrons. The van der Waals surface area contributed by atoms with E-state index >= 15 is 0 Å². The van der Waals surface area contributed by atoms with Crippen molar-refractivity contribution in [1.82, 2.24) is 0 Å². The Morgan fingerprint density at radius 1 is 1.33 bits per heavy atom. The number of hydrogen-bond donors (Lipinski definition) is 0. The topological polar surface area (TPSA) is 9.23 Å². The summed E-state index contributed by atoms with van der Waals surface area (Å²) in [4.78, 5) is 0. The highest BCUT2D eigenvalue weighted by molar-refractivity contribution is 6.30. The maximum absolute atomic E-state index is 13.0. The average Bonchev–Trinajstić information content (AvgIpc) is 2.28. The molecule has 0 bridgehead atoms. The van der Waals surface area contributed by atoms with Crippen LogP contribution in [0.1, 0.15) is 5.56 Å². The zero-order chi connectivity index (χ0) is 10.7. The van der Waals surface area contributed by atoms with Gasteiger partial charge in [0, 0.05) is 5.02 Å². The van der Waals surface area contributed by atoms with Gasteiger partial charge in [-0.05, 0) is 36.3 Å². The summed E-state index contributed by atoms with van der Waals surface area (Å²) in [6.07, 6.45) is 5.26. The minimum Gasteiger partial charge on any atom is -0.489 e. The van der Waals surface area contributed by atoms with Crippen molar-refractivity contribution in [2.45, 2.75) is 6.42 Å². The van der Waals surface area contributed by atoms with Gasteiger partial charge in [-0.2, -0.15) is 0 Å². The van der Waals surface area contributed by atoms with Crippen LogP contribution in [-0.4, -0.2) is 6.61 Å². The molecule has 1 aliphatic rings. The van der Waals surface area contributed by atoms with Crippen LogP contribution in [0.5, 0.6) is 5.75 Å². The largest absolute Gasteiger partial charge is 0.489 e. The van der Waals surface area contributed by atoms with Crippen LogP contribution in [0.25, 0.3) is 0 Å². The van der Waals surface area contributed by atoms with Crippen LogP contribution < -0.4 is 4.74 Å². The van der Waals surface area contributed by atoms with Gasteiger partial charge >= 0.3 is 0 Å². The van der Waals surface area contributed by atoms with Gasteiger partial charge in [0.25, 0.3) is 0 Å².